The van der Waals surface area contributed by atoms with Crippen molar-refractivity contribution >= 4 is 17.2 Å². The van der Waals surface area contributed by atoms with E-state index in [0.29, 0.717) is 13.2 Å². The molecule has 2 heterocycles. The van der Waals surface area contributed by atoms with Crippen LogP contribution in [0.4, 0.5) is 0 Å². The van der Waals surface area contributed by atoms with Crippen molar-refractivity contribution in [1.29, 1.82) is 0 Å². The van der Waals surface area contributed by atoms with Gasteiger partial charge in [-0.3, -0.25) is 4.79 Å². The normalized spacial score (nSPS) is 18.8. The van der Waals surface area contributed by atoms with Crippen LogP contribution in [0, 0.1) is 19.8 Å². The first-order valence-electron chi connectivity index (χ1n) is 7.97. The third kappa shape index (κ3) is 3.62. The maximum atomic E-state index is 12.2. The Labute approximate surface area is 140 Å². The van der Waals surface area contributed by atoms with Crippen LogP contribution in [0.2, 0.25) is 0 Å². The summed E-state index contributed by atoms with van der Waals surface area (Å²) < 4.78 is 5.29. The number of carbonyl (C=O) groups is 1. The van der Waals surface area contributed by atoms with E-state index in [2.05, 4.69) is 41.5 Å². The number of ether oxygens (including phenoxy) is 1. The molecule has 1 amide bonds. The molecule has 1 aromatic heterocycles. The maximum absolute atomic E-state index is 12.2. The zero-order valence-electron chi connectivity index (χ0n) is 13.8. The van der Waals surface area contributed by atoms with Crippen molar-refractivity contribution in [2.45, 2.75) is 33.2 Å². The summed E-state index contributed by atoms with van der Waals surface area (Å²) in [6.07, 6.45) is 0.814. The zero-order valence-corrected chi connectivity index (χ0v) is 14.6. The first-order chi connectivity index (χ1) is 11.0. The molecule has 0 radical (unpaired) electrons. The molecular formula is C18H22N2O2S. The van der Waals surface area contributed by atoms with Gasteiger partial charge >= 0.3 is 0 Å². The zero-order chi connectivity index (χ0) is 16.4. The van der Waals surface area contributed by atoms with E-state index in [9.17, 15) is 4.79 Å². The largest absolute Gasteiger partial charge is 0.381 e. The highest BCUT2D eigenvalue weighted by Gasteiger charge is 2.26. The first-order valence-corrected chi connectivity index (χ1v) is 8.78. The molecule has 2 aromatic rings. The molecule has 1 saturated heterocycles. The highest BCUT2D eigenvalue weighted by atomic mass is 32.1. The Bertz CT molecular complexity index is 688. The van der Waals surface area contributed by atoms with Gasteiger partial charge in [0.05, 0.1) is 29.1 Å². The summed E-state index contributed by atoms with van der Waals surface area (Å²) in [7, 11) is 0. The van der Waals surface area contributed by atoms with Gasteiger partial charge in [0.15, 0.2) is 0 Å². The Balaban J connectivity index is 1.74. The molecule has 1 aliphatic heterocycles. The highest BCUT2D eigenvalue weighted by Crippen LogP contribution is 2.32. The van der Waals surface area contributed by atoms with Gasteiger partial charge in [0.25, 0.3) is 0 Å². The molecule has 0 unspecified atom stereocenters. The van der Waals surface area contributed by atoms with Crippen molar-refractivity contribution in [2.24, 2.45) is 5.92 Å². The predicted octanol–water partition coefficient (Wildman–Crippen LogP) is 3.64. The molecule has 23 heavy (non-hydrogen) atoms. The molecule has 0 saturated carbocycles. The molecule has 3 rings (SSSR count). The lowest BCUT2D eigenvalue weighted by molar-refractivity contribution is -0.125. The van der Waals surface area contributed by atoms with Gasteiger partial charge in [-0.05, 0) is 27.2 Å². The van der Waals surface area contributed by atoms with Crippen LogP contribution in [0.3, 0.4) is 0 Å². The highest BCUT2D eigenvalue weighted by molar-refractivity contribution is 7.15. The molecular weight excluding hydrogens is 308 g/mol. The van der Waals surface area contributed by atoms with Crippen LogP contribution in [0.15, 0.2) is 24.3 Å². The van der Waals surface area contributed by atoms with Crippen molar-refractivity contribution in [1.82, 2.24) is 10.3 Å². The predicted molar refractivity (Wildman–Crippen MR) is 92.5 cm³/mol. The minimum Gasteiger partial charge on any atom is -0.381 e. The van der Waals surface area contributed by atoms with E-state index in [1.54, 1.807) is 11.3 Å². The summed E-state index contributed by atoms with van der Waals surface area (Å²) in [6.45, 7) is 7.32. The van der Waals surface area contributed by atoms with Crippen LogP contribution in [-0.4, -0.2) is 24.1 Å². The maximum Gasteiger partial charge on any atom is 0.226 e. The van der Waals surface area contributed by atoms with Gasteiger partial charge in [-0.2, -0.15) is 0 Å². The number of amides is 1. The number of aromatic nitrogens is 1. The Morgan fingerprint density at radius 2 is 2.09 bits per heavy atom. The number of nitrogens with zero attached hydrogens (tertiary/aromatic N) is 1. The van der Waals surface area contributed by atoms with Gasteiger partial charge in [0.1, 0.15) is 5.01 Å². The monoisotopic (exact) mass is 330 g/mol. The Morgan fingerprint density at radius 3 is 2.74 bits per heavy atom. The number of nitrogens with one attached hydrogen (secondary N) is 1. The van der Waals surface area contributed by atoms with Gasteiger partial charge < -0.3 is 10.1 Å². The fourth-order valence-electron chi connectivity index (χ4n) is 2.77. The SMILES string of the molecule is Cc1ccc(-c2nc(C)c([C@H](C)NC(=O)[C@H]3CCOC3)s2)cc1. The molecule has 4 nitrogen and oxygen atoms in total. The summed E-state index contributed by atoms with van der Waals surface area (Å²) in [6, 6.07) is 8.35. The Morgan fingerprint density at radius 1 is 1.35 bits per heavy atom. The molecule has 1 aliphatic rings. The van der Waals surface area contributed by atoms with Crippen LogP contribution < -0.4 is 5.32 Å². The second kappa shape index (κ2) is 6.81. The lowest BCUT2D eigenvalue weighted by Gasteiger charge is -2.15. The van der Waals surface area contributed by atoms with Crippen LogP contribution in [0.1, 0.15) is 35.5 Å². The number of hydrogen-bond donors (Lipinski definition) is 1. The molecule has 1 N–H and O–H groups in total. The van der Waals surface area contributed by atoms with Crippen molar-refractivity contribution < 1.29 is 9.53 Å². The number of thiazole rings is 1. The van der Waals surface area contributed by atoms with Crippen molar-refractivity contribution in [3.8, 4) is 10.6 Å². The van der Waals surface area contributed by atoms with Gasteiger partial charge in [0, 0.05) is 12.2 Å². The number of benzene rings is 1. The summed E-state index contributed by atoms with van der Waals surface area (Å²) in [5.74, 6) is 0.0712. The van der Waals surface area contributed by atoms with E-state index >= 15 is 0 Å². The van der Waals surface area contributed by atoms with E-state index in [4.69, 9.17) is 4.74 Å². The number of aryl methyl sites for hydroxylation is 2. The van der Waals surface area contributed by atoms with Crippen LogP contribution in [0.25, 0.3) is 10.6 Å². The second-order valence-electron chi connectivity index (χ2n) is 6.13. The minimum absolute atomic E-state index is 0.0118. The fraction of sp³-hybridized carbons (Fsp3) is 0.444. The third-order valence-electron chi connectivity index (χ3n) is 4.18. The molecule has 0 aliphatic carbocycles. The van der Waals surface area contributed by atoms with Gasteiger partial charge in [0.2, 0.25) is 5.91 Å². The lowest BCUT2D eigenvalue weighted by atomic mass is 10.1. The minimum atomic E-state index is -0.0280. The second-order valence-corrected chi connectivity index (χ2v) is 7.16. The smallest absolute Gasteiger partial charge is 0.226 e. The van der Waals surface area contributed by atoms with Crippen molar-refractivity contribution in [2.75, 3.05) is 13.2 Å². The van der Waals surface area contributed by atoms with E-state index in [-0.39, 0.29) is 17.9 Å². The number of hydrogen-bond acceptors (Lipinski definition) is 4. The van der Waals surface area contributed by atoms with Gasteiger partial charge in [-0.25, -0.2) is 4.98 Å². The van der Waals surface area contributed by atoms with Crippen LogP contribution >= 0.6 is 11.3 Å². The Kier molecular flexibility index (Phi) is 4.78. The van der Waals surface area contributed by atoms with Gasteiger partial charge in [-0.15, -0.1) is 11.3 Å². The molecule has 122 valence electrons. The number of carbonyl (C=O) groups excluding carboxylic acids is 1. The summed E-state index contributed by atoms with van der Waals surface area (Å²) in [4.78, 5) is 18.0. The van der Waals surface area contributed by atoms with Gasteiger partial charge in [-0.1, -0.05) is 29.8 Å². The summed E-state index contributed by atoms with van der Waals surface area (Å²) in [5.41, 5.74) is 3.35. The summed E-state index contributed by atoms with van der Waals surface area (Å²) in [5, 5.41) is 4.11. The number of rotatable bonds is 4. The summed E-state index contributed by atoms with van der Waals surface area (Å²) >= 11 is 1.65. The van der Waals surface area contributed by atoms with Crippen molar-refractivity contribution in [3.63, 3.8) is 0 Å². The molecule has 1 fully saturated rings. The molecule has 2 atom stereocenters. The van der Waals surface area contributed by atoms with Crippen molar-refractivity contribution in [3.05, 3.63) is 40.4 Å². The quantitative estimate of drug-likeness (QED) is 0.931. The molecule has 5 heteroatoms. The van der Waals surface area contributed by atoms with Crippen LogP contribution in [-0.2, 0) is 9.53 Å². The average Bonchev–Trinajstić information content (AvgIpc) is 3.17. The average molecular weight is 330 g/mol. The Hall–Kier alpha value is -1.72. The molecule has 1 aromatic carbocycles. The van der Waals surface area contributed by atoms with Crippen LogP contribution in [0.5, 0.6) is 0 Å². The topological polar surface area (TPSA) is 51.2 Å². The van der Waals surface area contributed by atoms with E-state index in [1.807, 2.05) is 13.8 Å². The lowest BCUT2D eigenvalue weighted by Crippen LogP contribution is -2.32. The van der Waals surface area contributed by atoms with E-state index in [1.165, 1.54) is 5.56 Å². The molecule has 0 bridgehead atoms. The fourth-order valence-corrected chi connectivity index (χ4v) is 3.84. The van der Waals surface area contributed by atoms with E-state index < -0.39 is 0 Å². The molecule has 0 spiro atoms. The van der Waals surface area contributed by atoms with E-state index in [0.717, 1.165) is 27.6 Å². The first kappa shape index (κ1) is 16.1. The standard InChI is InChI=1S/C18H22N2O2S/c1-11-4-6-14(7-5-11)18-20-13(3)16(23-18)12(2)19-17(21)15-8-9-22-10-15/h4-7,12,15H,8-10H2,1-3H3,(H,19,21)/t12-,15-/m0/s1. The third-order valence-corrected chi connectivity index (χ3v) is 5.57.